The fourth-order valence-electron chi connectivity index (χ4n) is 2.98. The summed E-state index contributed by atoms with van der Waals surface area (Å²) < 4.78 is 17.3. The van der Waals surface area contributed by atoms with Crippen molar-refractivity contribution >= 4 is 22.2 Å². The van der Waals surface area contributed by atoms with Crippen LogP contribution in [0.2, 0.25) is 0 Å². The molecule has 1 amide bonds. The maximum absolute atomic E-state index is 13.5. The quantitative estimate of drug-likeness (QED) is 0.528. The van der Waals surface area contributed by atoms with Crippen LogP contribution in [0.5, 0.6) is 0 Å². The third kappa shape index (κ3) is 3.23. The van der Waals surface area contributed by atoms with E-state index in [0.29, 0.717) is 28.5 Å². The van der Waals surface area contributed by atoms with Crippen molar-refractivity contribution in [1.29, 1.82) is 0 Å². The molecule has 1 aromatic carbocycles. The third-order valence-electron chi connectivity index (χ3n) is 4.42. The molecule has 0 saturated heterocycles. The van der Waals surface area contributed by atoms with Gasteiger partial charge in [0.2, 0.25) is 0 Å². The standard InChI is InChI=1S/C19H18FN5OS/c1-3-24-8-7-21-17(24)11-23(2)18(26)16-12-27-19-22-15(10-25(16)19)13-5-4-6-14(20)9-13/h4-10,12H,3,11H2,1-2H3. The van der Waals surface area contributed by atoms with Gasteiger partial charge in [0.1, 0.15) is 17.3 Å². The highest BCUT2D eigenvalue weighted by Gasteiger charge is 2.20. The molecule has 138 valence electrons. The van der Waals surface area contributed by atoms with Crippen molar-refractivity contribution in [2.45, 2.75) is 20.0 Å². The summed E-state index contributed by atoms with van der Waals surface area (Å²) in [6, 6.07) is 6.28. The topological polar surface area (TPSA) is 55.4 Å². The Kier molecular flexibility index (Phi) is 4.49. The Morgan fingerprint density at radius 1 is 1.37 bits per heavy atom. The smallest absolute Gasteiger partial charge is 0.271 e. The number of hydrogen-bond donors (Lipinski definition) is 0. The molecule has 0 atom stereocenters. The number of aromatic nitrogens is 4. The van der Waals surface area contributed by atoms with Crippen LogP contribution >= 0.6 is 11.3 Å². The molecular formula is C19H18FN5OS. The minimum atomic E-state index is -0.314. The molecule has 0 aliphatic rings. The number of hydrogen-bond acceptors (Lipinski definition) is 4. The second kappa shape index (κ2) is 6.96. The van der Waals surface area contributed by atoms with Gasteiger partial charge in [-0.05, 0) is 19.1 Å². The number of fused-ring (bicyclic) bond motifs is 1. The zero-order valence-corrected chi connectivity index (χ0v) is 15.8. The zero-order chi connectivity index (χ0) is 19.0. The first-order chi connectivity index (χ1) is 13.1. The predicted octanol–water partition coefficient (Wildman–Crippen LogP) is 3.69. The SMILES string of the molecule is CCn1ccnc1CN(C)C(=O)c1csc2nc(-c3cccc(F)c3)cn12. The van der Waals surface area contributed by atoms with Crippen LogP contribution in [0.15, 0.2) is 48.2 Å². The molecule has 4 rings (SSSR count). The molecule has 0 saturated carbocycles. The summed E-state index contributed by atoms with van der Waals surface area (Å²) in [6.45, 7) is 3.26. The molecule has 8 heteroatoms. The minimum absolute atomic E-state index is 0.116. The van der Waals surface area contributed by atoms with E-state index in [0.717, 1.165) is 12.4 Å². The lowest BCUT2D eigenvalue weighted by Gasteiger charge is -2.17. The lowest BCUT2D eigenvalue weighted by molar-refractivity contribution is 0.0773. The van der Waals surface area contributed by atoms with E-state index in [9.17, 15) is 9.18 Å². The molecule has 0 spiro atoms. The van der Waals surface area contributed by atoms with E-state index in [1.807, 2.05) is 17.7 Å². The second-order valence-corrected chi connectivity index (χ2v) is 7.04. The normalized spacial score (nSPS) is 11.2. The van der Waals surface area contributed by atoms with E-state index < -0.39 is 0 Å². The van der Waals surface area contributed by atoms with Crippen molar-refractivity contribution in [2.75, 3.05) is 7.05 Å². The van der Waals surface area contributed by atoms with E-state index in [4.69, 9.17) is 0 Å². The average Bonchev–Trinajstić information content (AvgIpc) is 3.36. The maximum Gasteiger partial charge on any atom is 0.271 e. The number of nitrogens with zero attached hydrogens (tertiary/aromatic N) is 5. The fraction of sp³-hybridized carbons (Fsp3) is 0.211. The number of amides is 1. The van der Waals surface area contributed by atoms with Gasteiger partial charge in [0.05, 0.1) is 12.2 Å². The molecule has 0 bridgehead atoms. The van der Waals surface area contributed by atoms with Crippen LogP contribution in [0.25, 0.3) is 16.2 Å². The molecule has 0 unspecified atom stereocenters. The molecule has 4 aromatic rings. The number of rotatable bonds is 5. The van der Waals surface area contributed by atoms with Gasteiger partial charge in [0.15, 0.2) is 4.96 Å². The molecule has 6 nitrogen and oxygen atoms in total. The van der Waals surface area contributed by atoms with E-state index in [2.05, 4.69) is 9.97 Å². The number of imidazole rings is 2. The molecule has 3 aromatic heterocycles. The summed E-state index contributed by atoms with van der Waals surface area (Å²) >= 11 is 1.38. The van der Waals surface area contributed by atoms with Crippen molar-refractivity contribution < 1.29 is 9.18 Å². The largest absolute Gasteiger partial charge is 0.334 e. The lowest BCUT2D eigenvalue weighted by Crippen LogP contribution is -2.28. The Morgan fingerprint density at radius 2 is 2.22 bits per heavy atom. The van der Waals surface area contributed by atoms with Crippen LogP contribution in [0.3, 0.4) is 0 Å². The van der Waals surface area contributed by atoms with Crippen molar-refractivity contribution in [3.63, 3.8) is 0 Å². The summed E-state index contributed by atoms with van der Waals surface area (Å²) in [4.78, 5) is 24.1. The van der Waals surface area contributed by atoms with Crippen molar-refractivity contribution in [1.82, 2.24) is 23.8 Å². The molecule has 0 fully saturated rings. The molecule has 27 heavy (non-hydrogen) atoms. The molecule has 0 aliphatic heterocycles. The number of carbonyl (C=O) groups excluding carboxylic acids is 1. The van der Waals surface area contributed by atoms with Crippen molar-refractivity contribution in [2.24, 2.45) is 0 Å². The Morgan fingerprint density at radius 3 is 3.00 bits per heavy atom. The number of benzene rings is 1. The number of aryl methyl sites for hydroxylation is 1. The number of halogens is 1. The summed E-state index contributed by atoms with van der Waals surface area (Å²) in [5.74, 6) is 0.410. The van der Waals surface area contributed by atoms with Crippen LogP contribution in [0, 0.1) is 5.82 Å². The van der Waals surface area contributed by atoms with Gasteiger partial charge in [-0.15, -0.1) is 11.3 Å². The molecule has 3 heterocycles. The summed E-state index contributed by atoms with van der Waals surface area (Å²) in [6.07, 6.45) is 5.41. The van der Waals surface area contributed by atoms with Crippen LogP contribution in [0.4, 0.5) is 4.39 Å². The Hall–Kier alpha value is -3.00. The Labute approximate surface area is 159 Å². The summed E-state index contributed by atoms with van der Waals surface area (Å²) in [5.41, 5.74) is 1.85. The van der Waals surface area contributed by atoms with Gasteiger partial charge in [-0.2, -0.15) is 0 Å². The van der Waals surface area contributed by atoms with Crippen LogP contribution in [0.1, 0.15) is 23.2 Å². The van der Waals surface area contributed by atoms with Gasteiger partial charge in [0.25, 0.3) is 5.91 Å². The summed E-state index contributed by atoms with van der Waals surface area (Å²) in [5, 5.41) is 1.79. The van der Waals surface area contributed by atoms with Crippen LogP contribution in [-0.2, 0) is 13.1 Å². The van der Waals surface area contributed by atoms with Crippen LogP contribution in [-0.4, -0.2) is 36.8 Å². The predicted molar refractivity (Wildman–Crippen MR) is 102 cm³/mol. The highest BCUT2D eigenvalue weighted by molar-refractivity contribution is 7.15. The third-order valence-corrected chi connectivity index (χ3v) is 5.26. The maximum atomic E-state index is 13.5. The van der Waals surface area contributed by atoms with E-state index in [-0.39, 0.29) is 11.7 Å². The number of carbonyl (C=O) groups is 1. The first kappa shape index (κ1) is 17.4. The highest BCUT2D eigenvalue weighted by Crippen LogP contribution is 2.25. The Balaban J connectivity index is 1.62. The minimum Gasteiger partial charge on any atom is -0.334 e. The van der Waals surface area contributed by atoms with Crippen molar-refractivity contribution in [3.8, 4) is 11.3 Å². The first-order valence-electron chi connectivity index (χ1n) is 8.55. The van der Waals surface area contributed by atoms with Gasteiger partial charge in [0, 0.05) is 43.1 Å². The average molecular weight is 383 g/mol. The van der Waals surface area contributed by atoms with Crippen LogP contribution < -0.4 is 0 Å². The van der Waals surface area contributed by atoms with E-state index in [1.165, 1.54) is 23.5 Å². The van der Waals surface area contributed by atoms with Crippen molar-refractivity contribution in [3.05, 3.63) is 65.6 Å². The second-order valence-electron chi connectivity index (χ2n) is 6.20. The van der Waals surface area contributed by atoms with Gasteiger partial charge >= 0.3 is 0 Å². The van der Waals surface area contributed by atoms with E-state index in [1.54, 1.807) is 46.3 Å². The van der Waals surface area contributed by atoms with Gasteiger partial charge < -0.3 is 9.47 Å². The fourth-order valence-corrected chi connectivity index (χ4v) is 3.83. The van der Waals surface area contributed by atoms with Gasteiger partial charge in [-0.25, -0.2) is 14.4 Å². The zero-order valence-electron chi connectivity index (χ0n) is 15.0. The first-order valence-corrected chi connectivity index (χ1v) is 9.42. The van der Waals surface area contributed by atoms with Gasteiger partial charge in [-0.3, -0.25) is 9.20 Å². The molecule has 0 aliphatic carbocycles. The summed E-state index contributed by atoms with van der Waals surface area (Å²) in [7, 11) is 1.75. The van der Waals surface area contributed by atoms with E-state index >= 15 is 0 Å². The molecular weight excluding hydrogens is 365 g/mol. The Bertz CT molecular complexity index is 1110. The highest BCUT2D eigenvalue weighted by atomic mass is 32.1. The lowest BCUT2D eigenvalue weighted by atomic mass is 10.2. The monoisotopic (exact) mass is 383 g/mol. The molecule has 0 radical (unpaired) electrons. The molecule has 0 N–H and O–H groups in total. The van der Waals surface area contributed by atoms with Gasteiger partial charge in [-0.1, -0.05) is 12.1 Å². The number of thiazole rings is 1.